The molecule has 32 heavy (non-hydrogen) atoms. The summed E-state index contributed by atoms with van der Waals surface area (Å²) in [4.78, 5) is 26.0. The van der Waals surface area contributed by atoms with Gasteiger partial charge in [0.05, 0.1) is 35.1 Å². The zero-order chi connectivity index (χ0) is 22.6. The molecule has 11 heteroatoms. The summed E-state index contributed by atoms with van der Waals surface area (Å²) in [6.45, 7) is 1.64. The summed E-state index contributed by atoms with van der Waals surface area (Å²) in [5, 5.41) is 10.2. The number of aliphatic hydroxyl groups excluding tert-OH is 1. The number of nitrogens with zero attached hydrogens (tertiary/aromatic N) is 4. The Morgan fingerprint density at radius 1 is 1.22 bits per heavy atom. The van der Waals surface area contributed by atoms with E-state index in [1.807, 2.05) is 10.5 Å². The summed E-state index contributed by atoms with van der Waals surface area (Å²) < 4.78 is 43.3. The number of alkyl halides is 3. The van der Waals surface area contributed by atoms with Gasteiger partial charge in [0.15, 0.2) is 5.65 Å². The molecule has 0 spiro atoms. The number of carbonyl (C=O) groups excluding carboxylic acids is 1. The molecule has 0 aliphatic carbocycles. The molecule has 2 atom stereocenters. The molecule has 5 rings (SSSR count). The molecule has 4 heterocycles. The van der Waals surface area contributed by atoms with Gasteiger partial charge in [-0.3, -0.25) is 9.20 Å². The number of aromatic amines is 1. The standard InChI is InChI=1S/C21H18F3N5O3/c1-11(30)28-10-13(31)8-16(28)20-27-18(12-2-4-14(5-3-12)32-21(22,23)24)17-9-26-19-15(29(17)20)6-7-25-19/h2-7,9,13,16,25,31H,8,10H2,1H3/t13-,16-/m1/s1. The first-order valence-electron chi connectivity index (χ1n) is 9.87. The van der Waals surface area contributed by atoms with Crippen molar-refractivity contribution < 1.29 is 27.8 Å². The Morgan fingerprint density at radius 2 is 1.97 bits per heavy atom. The van der Waals surface area contributed by atoms with Crippen LogP contribution in [0.15, 0.2) is 42.7 Å². The number of halogens is 3. The predicted molar refractivity (Wildman–Crippen MR) is 108 cm³/mol. The number of rotatable bonds is 3. The fourth-order valence-corrected chi connectivity index (χ4v) is 4.24. The molecule has 1 saturated heterocycles. The Kier molecular flexibility index (Phi) is 4.59. The lowest BCUT2D eigenvalue weighted by Gasteiger charge is -2.22. The first kappa shape index (κ1) is 20.3. The van der Waals surface area contributed by atoms with Gasteiger partial charge in [0.2, 0.25) is 5.91 Å². The van der Waals surface area contributed by atoms with Gasteiger partial charge in [-0.25, -0.2) is 9.97 Å². The number of fused-ring (bicyclic) bond motifs is 3. The summed E-state index contributed by atoms with van der Waals surface area (Å²) in [6.07, 6.45) is -1.78. The fourth-order valence-electron chi connectivity index (χ4n) is 4.24. The number of hydrogen-bond acceptors (Lipinski definition) is 5. The lowest BCUT2D eigenvalue weighted by Crippen LogP contribution is -2.30. The van der Waals surface area contributed by atoms with Crippen molar-refractivity contribution in [3.05, 3.63) is 48.5 Å². The van der Waals surface area contributed by atoms with Crippen LogP contribution in [0.2, 0.25) is 0 Å². The maximum absolute atomic E-state index is 12.5. The second-order valence-electron chi connectivity index (χ2n) is 7.66. The summed E-state index contributed by atoms with van der Waals surface area (Å²) in [6, 6.07) is 6.78. The van der Waals surface area contributed by atoms with E-state index in [0.29, 0.717) is 34.7 Å². The van der Waals surface area contributed by atoms with Gasteiger partial charge in [-0.15, -0.1) is 13.2 Å². The van der Waals surface area contributed by atoms with E-state index in [1.165, 1.54) is 31.2 Å². The van der Waals surface area contributed by atoms with E-state index in [0.717, 1.165) is 5.52 Å². The van der Waals surface area contributed by atoms with Crippen LogP contribution in [0.25, 0.3) is 27.9 Å². The minimum absolute atomic E-state index is 0.183. The van der Waals surface area contributed by atoms with Crippen LogP contribution in [0.1, 0.15) is 25.2 Å². The van der Waals surface area contributed by atoms with Crippen LogP contribution in [-0.4, -0.2) is 54.3 Å². The first-order valence-corrected chi connectivity index (χ1v) is 9.87. The topological polar surface area (TPSA) is 95.8 Å². The molecular formula is C21H18F3N5O3. The van der Waals surface area contributed by atoms with Gasteiger partial charge in [-0.2, -0.15) is 0 Å². The lowest BCUT2D eigenvalue weighted by molar-refractivity contribution is -0.274. The average Bonchev–Trinajstić information content (AvgIpc) is 3.42. The van der Waals surface area contributed by atoms with E-state index in [9.17, 15) is 23.1 Å². The Hall–Kier alpha value is -3.60. The molecule has 1 fully saturated rings. The van der Waals surface area contributed by atoms with Gasteiger partial charge in [0.25, 0.3) is 0 Å². The van der Waals surface area contributed by atoms with Gasteiger partial charge >= 0.3 is 6.36 Å². The zero-order valence-corrected chi connectivity index (χ0v) is 16.8. The third-order valence-electron chi connectivity index (χ3n) is 5.54. The molecule has 3 aromatic heterocycles. The quantitative estimate of drug-likeness (QED) is 0.504. The van der Waals surface area contributed by atoms with Crippen LogP contribution in [-0.2, 0) is 4.79 Å². The number of ether oxygens (including phenoxy) is 1. The van der Waals surface area contributed by atoms with Crippen LogP contribution in [0.4, 0.5) is 13.2 Å². The molecule has 0 unspecified atom stereocenters. The monoisotopic (exact) mass is 445 g/mol. The highest BCUT2D eigenvalue weighted by molar-refractivity contribution is 5.84. The van der Waals surface area contributed by atoms with Crippen LogP contribution >= 0.6 is 0 Å². The van der Waals surface area contributed by atoms with Crippen LogP contribution in [0, 0.1) is 0 Å². The summed E-state index contributed by atoms with van der Waals surface area (Å²) in [7, 11) is 0. The van der Waals surface area contributed by atoms with Gasteiger partial charge in [-0.05, 0) is 30.3 Å². The van der Waals surface area contributed by atoms with Crippen molar-refractivity contribution in [2.45, 2.75) is 31.9 Å². The predicted octanol–water partition coefficient (Wildman–Crippen LogP) is 3.43. The molecule has 0 radical (unpaired) electrons. The molecule has 0 bridgehead atoms. The molecular weight excluding hydrogens is 427 g/mol. The smallest absolute Gasteiger partial charge is 0.406 e. The van der Waals surface area contributed by atoms with Gasteiger partial charge < -0.3 is 19.7 Å². The highest BCUT2D eigenvalue weighted by atomic mass is 19.4. The SMILES string of the molecule is CC(=O)N1C[C@H](O)C[C@@H]1c1nc(-c2ccc(OC(F)(F)F)cc2)c2cnc3[nH]ccc3n12. The Labute approximate surface area is 179 Å². The van der Waals surface area contributed by atoms with Gasteiger partial charge in [0.1, 0.15) is 11.6 Å². The van der Waals surface area contributed by atoms with Crippen LogP contribution in [0.5, 0.6) is 5.75 Å². The molecule has 1 amide bonds. The van der Waals surface area contributed by atoms with Crippen molar-refractivity contribution >= 4 is 22.6 Å². The van der Waals surface area contributed by atoms with Crippen LogP contribution in [0.3, 0.4) is 0 Å². The normalized spacial score (nSPS) is 19.2. The number of imidazole rings is 1. The summed E-state index contributed by atoms with van der Waals surface area (Å²) >= 11 is 0. The minimum atomic E-state index is -4.78. The Balaban J connectivity index is 1.67. The van der Waals surface area contributed by atoms with E-state index in [2.05, 4.69) is 14.7 Å². The molecule has 2 N–H and O–H groups in total. The maximum Gasteiger partial charge on any atom is 0.573 e. The number of amides is 1. The second kappa shape index (κ2) is 7.23. The maximum atomic E-state index is 12.5. The van der Waals surface area contributed by atoms with Crippen molar-refractivity contribution in [3.8, 4) is 17.0 Å². The minimum Gasteiger partial charge on any atom is -0.406 e. The average molecular weight is 445 g/mol. The number of β-amino-alcohol motifs (C(OH)–C–C–N with tert-alkyl or cyclic N) is 1. The van der Waals surface area contributed by atoms with Gasteiger partial charge in [-0.1, -0.05) is 0 Å². The lowest BCUT2D eigenvalue weighted by atomic mass is 10.1. The number of nitrogens with one attached hydrogen (secondary N) is 1. The van der Waals surface area contributed by atoms with Crippen molar-refractivity contribution in [1.29, 1.82) is 0 Å². The Bertz CT molecular complexity index is 1310. The molecule has 0 saturated carbocycles. The second-order valence-corrected chi connectivity index (χ2v) is 7.66. The third-order valence-corrected chi connectivity index (χ3v) is 5.54. The van der Waals surface area contributed by atoms with Crippen molar-refractivity contribution in [3.63, 3.8) is 0 Å². The number of aromatic nitrogens is 4. The van der Waals surface area contributed by atoms with E-state index in [-0.39, 0.29) is 18.2 Å². The number of H-pyrrole nitrogens is 1. The Morgan fingerprint density at radius 3 is 2.66 bits per heavy atom. The zero-order valence-electron chi connectivity index (χ0n) is 16.8. The van der Waals surface area contributed by atoms with Gasteiger partial charge in [0, 0.05) is 31.6 Å². The number of likely N-dealkylation sites (tertiary alicyclic amines) is 1. The number of benzene rings is 1. The van der Waals surface area contributed by atoms with Crippen molar-refractivity contribution in [2.24, 2.45) is 0 Å². The number of aliphatic hydroxyl groups is 1. The highest BCUT2D eigenvalue weighted by Crippen LogP contribution is 2.37. The van der Waals surface area contributed by atoms with E-state index >= 15 is 0 Å². The molecule has 1 aliphatic heterocycles. The molecule has 1 aromatic carbocycles. The number of carbonyl (C=O) groups is 1. The largest absolute Gasteiger partial charge is 0.573 e. The molecule has 166 valence electrons. The van der Waals surface area contributed by atoms with E-state index in [4.69, 9.17) is 4.98 Å². The first-order chi connectivity index (χ1) is 15.2. The van der Waals surface area contributed by atoms with E-state index in [1.54, 1.807) is 17.3 Å². The van der Waals surface area contributed by atoms with Crippen molar-refractivity contribution in [2.75, 3.05) is 6.54 Å². The van der Waals surface area contributed by atoms with E-state index < -0.39 is 18.5 Å². The summed E-state index contributed by atoms with van der Waals surface area (Å²) in [5.74, 6) is 0.0278. The van der Waals surface area contributed by atoms with Crippen molar-refractivity contribution in [1.82, 2.24) is 24.3 Å². The summed E-state index contributed by atoms with van der Waals surface area (Å²) in [5.41, 5.74) is 3.04. The fraction of sp³-hybridized carbons (Fsp3) is 0.286. The highest BCUT2D eigenvalue weighted by Gasteiger charge is 2.37. The number of hydrogen-bond donors (Lipinski definition) is 2. The van der Waals surface area contributed by atoms with Crippen LogP contribution < -0.4 is 4.74 Å². The molecule has 4 aromatic rings. The molecule has 1 aliphatic rings. The third kappa shape index (κ3) is 3.44. The molecule has 8 nitrogen and oxygen atoms in total.